The zero-order valence-electron chi connectivity index (χ0n) is 11.4. The van der Waals surface area contributed by atoms with Gasteiger partial charge in [-0.1, -0.05) is 18.2 Å². The Kier molecular flexibility index (Phi) is 3.11. The number of nitrogens with zero attached hydrogens (tertiary/aromatic N) is 2. The van der Waals surface area contributed by atoms with Crippen molar-refractivity contribution in [2.45, 2.75) is 26.4 Å². The van der Waals surface area contributed by atoms with Gasteiger partial charge >= 0.3 is 0 Å². The van der Waals surface area contributed by atoms with Gasteiger partial charge in [0.05, 0.1) is 11.4 Å². The number of fused-ring (bicyclic) bond motifs is 1. The van der Waals surface area contributed by atoms with Crippen molar-refractivity contribution >= 4 is 11.4 Å². The van der Waals surface area contributed by atoms with Crippen molar-refractivity contribution in [3.05, 3.63) is 53.9 Å². The van der Waals surface area contributed by atoms with Crippen LogP contribution in [0.4, 0.5) is 11.4 Å². The zero-order chi connectivity index (χ0) is 13.2. The van der Waals surface area contributed by atoms with Crippen molar-refractivity contribution < 1.29 is 0 Å². The van der Waals surface area contributed by atoms with Gasteiger partial charge in [0.25, 0.3) is 0 Å². The molecular weight excluding hydrogens is 234 g/mol. The molecule has 2 heterocycles. The van der Waals surface area contributed by atoms with E-state index in [1.54, 1.807) is 0 Å². The van der Waals surface area contributed by atoms with Crippen LogP contribution in [0.15, 0.2) is 42.7 Å². The average Bonchev–Trinajstić information content (AvgIpc) is 2.42. The van der Waals surface area contributed by atoms with E-state index in [0.717, 1.165) is 13.1 Å². The van der Waals surface area contributed by atoms with Crippen molar-refractivity contribution in [1.82, 2.24) is 4.98 Å². The van der Waals surface area contributed by atoms with E-state index in [2.05, 4.69) is 59.4 Å². The Labute approximate surface area is 114 Å². The Bertz CT molecular complexity index is 580. The van der Waals surface area contributed by atoms with E-state index in [0.29, 0.717) is 6.04 Å². The summed E-state index contributed by atoms with van der Waals surface area (Å²) in [6.07, 6.45) is 3.86. The van der Waals surface area contributed by atoms with Crippen LogP contribution in [0.5, 0.6) is 0 Å². The molecule has 0 saturated heterocycles. The van der Waals surface area contributed by atoms with Crippen LogP contribution in [0, 0.1) is 6.92 Å². The van der Waals surface area contributed by atoms with Crippen molar-refractivity contribution in [3.8, 4) is 0 Å². The minimum atomic E-state index is 0.482. The summed E-state index contributed by atoms with van der Waals surface area (Å²) < 4.78 is 0. The number of pyridine rings is 1. The summed E-state index contributed by atoms with van der Waals surface area (Å²) >= 11 is 0. The van der Waals surface area contributed by atoms with Gasteiger partial charge in [0.2, 0.25) is 0 Å². The first kappa shape index (κ1) is 12.0. The maximum absolute atomic E-state index is 4.29. The lowest BCUT2D eigenvalue weighted by Gasteiger charge is -2.37. The lowest BCUT2D eigenvalue weighted by molar-refractivity contribution is 0.640. The molecule has 0 amide bonds. The minimum absolute atomic E-state index is 0.482. The van der Waals surface area contributed by atoms with Crippen LogP contribution in [0.25, 0.3) is 0 Å². The Morgan fingerprint density at radius 2 is 2.16 bits per heavy atom. The van der Waals surface area contributed by atoms with E-state index in [1.165, 1.54) is 22.5 Å². The summed E-state index contributed by atoms with van der Waals surface area (Å²) in [4.78, 5) is 6.74. The fourth-order valence-corrected chi connectivity index (χ4v) is 2.62. The highest BCUT2D eigenvalue weighted by atomic mass is 15.2. The third-order valence-electron chi connectivity index (χ3n) is 3.62. The van der Waals surface area contributed by atoms with E-state index in [1.807, 2.05) is 12.4 Å². The number of nitrogens with one attached hydrogen (secondary N) is 1. The van der Waals surface area contributed by atoms with Crippen LogP contribution in [-0.4, -0.2) is 17.6 Å². The highest BCUT2D eigenvalue weighted by Crippen LogP contribution is 2.32. The molecular formula is C16H19N3. The number of aryl methyl sites for hydroxylation is 1. The van der Waals surface area contributed by atoms with E-state index in [4.69, 9.17) is 0 Å². The highest BCUT2D eigenvalue weighted by Gasteiger charge is 2.22. The summed E-state index contributed by atoms with van der Waals surface area (Å²) in [6.45, 7) is 6.24. The second-order valence-corrected chi connectivity index (χ2v) is 5.25. The van der Waals surface area contributed by atoms with Gasteiger partial charge in [0, 0.05) is 31.5 Å². The van der Waals surface area contributed by atoms with Gasteiger partial charge in [0.15, 0.2) is 0 Å². The monoisotopic (exact) mass is 253 g/mol. The van der Waals surface area contributed by atoms with Crippen molar-refractivity contribution in [3.63, 3.8) is 0 Å². The van der Waals surface area contributed by atoms with Crippen LogP contribution in [-0.2, 0) is 6.54 Å². The second-order valence-electron chi connectivity index (χ2n) is 5.25. The second kappa shape index (κ2) is 4.92. The van der Waals surface area contributed by atoms with E-state index < -0.39 is 0 Å². The minimum Gasteiger partial charge on any atom is -0.381 e. The molecule has 2 aromatic rings. The summed E-state index contributed by atoms with van der Waals surface area (Å²) in [5.74, 6) is 0. The predicted octanol–water partition coefficient (Wildman–Crippen LogP) is 3.21. The van der Waals surface area contributed by atoms with Crippen LogP contribution in [0.3, 0.4) is 0 Å². The smallest absolute Gasteiger partial charge is 0.0608 e. The molecule has 3 nitrogen and oxygen atoms in total. The Morgan fingerprint density at radius 1 is 1.32 bits per heavy atom. The predicted molar refractivity (Wildman–Crippen MR) is 79.6 cm³/mol. The van der Waals surface area contributed by atoms with Crippen LogP contribution in [0.1, 0.15) is 18.1 Å². The third kappa shape index (κ3) is 2.41. The number of aromatic nitrogens is 1. The quantitative estimate of drug-likeness (QED) is 0.890. The summed E-state index contributed by atoms with van der Waals surface area (Å²) in [7, 11) is 0. The summed E-state index contributed by atoms with van der Waals surface area (Å²) in [6, 6.07) is 11.2. The van der Waals surface area contributed by atoms with E-state index in [-0.39, 0.29) is 0 Å². The number of hydrogen-bond acceptors (Lipinski definition) is 3. The van der Waals surface area contributed by atoms with Gasteiger partial charge in [-0.15, -0.1) is 0 Å². The molecule has 0 spiro atoms. The molecule has 3 heteroatoms. The molecule has 0 radical (unpaired) electrons. The first-order chi connectivity index (χ1) is 9.24. The first-order valence-corrected chi connectivity index (χ1v) is 6.74. The van der Waals surface area contributed by atoms with Crippen LogP contribution < -0.4 is 10.2 Å². The fraction of sp³-hybridized carbons (Fsp3) is 0.312. The molecule has 98 valence electrons. The molecule has 3 rings (SSSR count). The molecule has 19 heavy (non-hydrogen) atoms. The Balaban J connectivity index is 1.91. The highest BCUT2D eigenvalue weighted by molar-refractivity contribution is 5.72. The van der Waals surface area contributed by atoms with E-state index >= 15 is 0 Å². The number of hydrogen-bond donors (Lipinski definition) is 1. The van der Waals surface area contributed by atoms with Crippen molar-refractivity contribution in [2.24, 2.45) is 0 Å². The van der Waals surface area contributed by atoms with E-state index in [9.17, 15) is 0 Å². The molecule has 0 saturated carbocycles. The lowest BCUT2D eigenvalue weighted by Crippen LogP contribution is -2.41. The maximum Gasteiger partial charge on any atom is 0.0608 e. The normalized spacial score (nSPS) is 17.8. The zero-order valence-corrected chi connectivity index (χ0v) is 11.4. The fourth-order valence-electron chi connectivity index (χ4n) is 2.62. The first-order valence-electron chi connectivity index (χ1n) is 6.74. The molecule has 1 atom stereocenters. The molecule has 1 aromatic heterocycles. The lowest BCUT2D eigenvalue weighted by atomic mass is 10.1. The topological polar surface area (TPSA) is 28.2 Å². The Morgan fingerprint density at radius 3 is 3.00 bits per heavy atom. The third-order valence-corrected chi connectivity index (χ3v) is 3.62. The number of rotatable bonds is 2. The van der Waals surface area contributed by atoms with Crippen molar-refractivity contribution in [1.29, 1.82) is 0 Å². The molecule has 1 aliphatic heterocycles. The van der Waals surface area contributed by atoms with Gasteiger partial charge in [-0.2, -0.15) is 0 Å². The molecule has 1 aliphatic rings. The standard InChI is InChI=1S/C16H19N3/c1-12-7-14(10-17-8-12)11-19-13(2)9-18-15-5-3-4-6-16(15)19/h3-8,10,13,18H,9,11H2,1-2H3. The summed E-state index contributed by atoms with van der Waals surface area (Å²) in [5.41, 5.74) is 4.99. The SMILES string of the molecule is Cc1cncc(CN2c3ccccc3NCC2C)c1. The van der Waals surface area contributed by atoms with Gasteiger partial charge in [-0.3, -0.25) is 4.98 Å². The van der Waals surface area contributed by atoms with Gasteiger partial charge < -0.3 is 10.2 Å². The van der Waals surface area contributed by atoms with Crippen LogP contribution >= 0.6 is 0 Å². The molecule has 0 fully saturated rings. The van der Waals surface area contributed by atoms with Gasteiger partial charge in [0.1, 0.15) is 0 Å². The molecule has 0 aliphatic carbocycles. The largest absolute Gasteiger partial charge is 0.381 e. The number of para-hydroxylation sites is 2. The Hall–Kier alpha value is -2.03. The average molecular weight is 253 g/mol. The summed E-state index contributed by atoms with van der Waals surface area (Å²) in [5, 5.41) is 3.48. The molecule has 1 N–H and O–H groups in total. The maximum atomic E-state index is 4.29. The molecule has 1 unspecified atom stereocenters. The molecule has 1 aromatic carbocycles. The number of anilines is 2. The van der Waals surface area contributed by atoms with Crippen LogP contribution in [0.2, 0.25) is 0 Å². The number of benzene rings is 1. The van der Waals surface area contributed by atoms with Gasteiger partial charge in [-0.05, 0) is 37.1 Å². The van der Waals surface area contributed by atoms with Crippen molar-refractivity contribution in [2.75, 3.05) is 16.8 Å². The van der Waals surface area contributed by atoms with Gasteiger partial charge in [-0.25, -0.2) is 0 Å². The molecule has 0 bridgehead atoms.